The lowest BCUT2D eigenvalue weighted by Gasteiger charge is -2.26. The number of carbonyl (C=O) groups excluding carboxylic acids is 3. The second-order valence-electron chi connectivity index (χ2n) is 24.4. The lowest BCUT2D eigenvalue weighted by molar-refractivity contribution is -0.870. The fraction of sp³-hybridized carbons (Fsp3) is 0.598. The highest BCUT2D eigenvalue weighted by atomic mass is 16.7. The molecule has 0 bridgehead atoms. The molecule has 0 fully saturated rings. The average Bonchev–Trinajstić information content (AvgIpc) is 3.46. The van der Waals surface area contributed by atoms with Gasteiger partial charge < -0.3 is 33.3 Å². The third-order valence-electron chi connectivity index (χ3n) is 14.6. The van der Waals surface area contributed by atoms with Crippen LogP contribution >= 0.6 is 0 Å². The highest BCUT2D eigenvalue weighted by molar-refractivity contribution is 5.70. The molecule has 0 aliphatic carbocycles. The summed E-state index contributed by atoms with van der Waals surface area (Å²) in [7, 11) is 5.92. The van der Waals surface area contributed by atoms with Crippen LogP contribution in [0.5, 0.6) is 0 Å². The molecule has 0 aromatic carbocycles. The second kappa shape index (κ2) is 70.3. The van der Waals surface area contributed by atoms with Gasteiger partial charge in [0.05, 0.1) is 40.3 Å². The zero-order valence-corrected chi connectivity index (χ0v) is 58.4. The number of allylic oxidation sites excluding steroid dienone is 30. The molecule has 2 unspecified atom stereocenters. The summed E-state index contributed by atoms with van der Waals surface area (Å²) in [6.07, 6.45) is 104. The Hall–Kier alpha value is -5.61. The predicted octanol–water partition coefficient (Wildman–Crippen LogP) is 21.5. The van der Waals surface area contributed by atoms with Crippen molar-refractivity contribution in [2.75, 3.05) is 47.5 Å². The molecule has 0 aromatic heterocycles. The van der Waals surface area contributed by atoms with E-state index in [9.17, 15) is 19.5 Å². The summed E-state index contributed by atoms with van der Waals surface area (Å²) in [4.78, 5) is 37.5. The van der Waals surface area contributed by atoms with Gasteiger partial charge in [-0.2, -0.15) is 0 Å². The minimum atomic E-state index is -1.64. The van der Waals surface area contributed by atoms with Gasteiger partial charge in [-0.15, -0.1) is 0 Å². The quantitative estimate of drug-likeness (QED) is 0.0195. The molecule has 9 heteroatoms. The van der Waals surface area contributed by atoms with Crippen molar-refractivity contribution in [2.24, 2.45) is 0 Å². The van der Waals surface area contributed by atoms with E-state index in [2.05, 4.69) is 196 Å². The summed E-state index contributed by atoms with van der Waals surface area (Å²) in [5, 5.41) is 11.8. The third kappa shape index (κ3) is 71.7. The minimum absolute atomic E-state index is 0.136. The molecule has 0 rings (SSSR count). The number of esters is 2. The first kappa shape index (κ1) is 85.4. The standard InChI is InChI=1S/C82H131NO8/c1-6-8-10-12-14-16-18-20-22-24-26-28-30-32-34-36-38-40-42-44-46-48-50-52-54-56-58-60-62-64-66-68-70-72-79(84)89-76-78(77-90-82(81(86)87)88-75-74-83(3,4)5)91-80(85)73-71-69-67-65-63-61-59-57-55-53-51-49-47-45-43-41-39-37-35-33-31-29-27-25-23-21-19-17-15-13-11-9-7-2/h8-11,14-17,20-23,26-29,32-35,38-41,44-47,51,53,78,82H,6-7,12-13,18-19,24-25,30-31,36-37,42-43,48-50,52,54-77H2,1-5H3/b10-8-,11-9-,16-14-,17-15-,22-20-,23-21-,28-26-,29-27-,34-32-,35-33-,40-38-,41-39-,46-44-,47-45-,53-51-. The molecule has 0 spiro atoms. The van der Waals surface area contributed by atoms with Gasteiger partial charge in [0.25, 0.3) is 0 Å². The summed E-state index contributed by atoms with van der Waals surface area (Å²) in [5.74, 6) is -2.31. The third-order valence-corrected chi connectivity index (χ3v) is 14.6. The van der Waals surface area contributed by atoms with E-state index in [1.165, 1.54) is 70.6 Å². The zero-order valence-electron chi connectivity index (χ0n) is 58.4. The van der Waals surface area contributed by atoms with Crippen LogP contribution in [0.25, 0.3) is 0 Å². The number of likely N-dealkylation sites (N-methyl/N-ethyl adjacent to an activating group) is 1. The van der Waals surface area contributed by atoms with E-state index in [0.29, 0.717) is 17.4 Å². The van der Waals surface area contributed by atoms with Crippen LogP contribution in [-0.4, -0.2) is 82.3 Å². The van der Waals surface area contributed by atoms with Crippen LogP contribution < -0.4 is 5.11 Å². The average molecular weight is 1260 g/mol. The number of nitrogens with zero attached hydrogens (tertiary/aromatic N) is 1. The number of hydrogen-bond donors (Lipinski definition) is 0. The number of unbranched alkanes of at least 4 members (excludes halogenated alkanes) is 19. The Morgan fingerprint density at radius 3 is 0.879 bits per heavy atom. The summed E-state index contributed by atoms with van der Waals surface area (Å²) >= 11 is 0. The first-order valence-electron chi connectivity index (χ1n) is 35.9. The molecular weight excluding hydrogens is 1130 g/mol. The molecule has 9 nitrogen and oxygen atoms in total. The van der Waals surface area contributed by atoms with Gasteiger partial charge in [-0.25, -0.2) is 0 Å². The van der Waals surface area contributed by atoms with E-state index in [1.807, 2.05) is 21.1 Å². The van der Waals surface area contributed by atoms with E-state index in [4.69, 9.17) is 18.9 Å². The maximum atomic E-state index is 12.9. The van der Waals surface area contributed by atoms with Gasteiger partial charge in [0.1, 0.15) is 13.2 Å². The molecule has 2 atom stereocenters. The molecule has 0 saturated heterocycles. The number of aliphatic carboxylic acids is 1. The van der Waals surface area contributed by atoms with Crippen LogP contribution in [0.1, 0.15) is 258 Å². The van der Waals surface area contributed by atoms with Gasteiger partial charge in [-0.3, -0.25) is 9.59 Å². The number of carboxylic acids is 1. The molecule has 0 N–H and O–H groups in total. The predicted molar refractivity (Wildman–Crippen MR) is 388 cm³/mol. The first-order chi connectivity index (χ1) is 44.6. The highest BCUT2D eigenvalue weighted by Crippen LogP contribution is 2.16. The lowest BCUT2D eigenvalue weighted by atomic mass is 10.0. The summed E-state index contributed by atoms with van der Waals surface area (Å²) in [6, 6.07) is 0. The maximum absolute atomic E-state index is 12.9. The van der Waals surface area contributed by atoms with Crippen LogP contribution in [0.2, 0.25) is 0 Å². The molecule has 0 radical (unpaired) electrons. The Morgan fingerprint density at radius 2 is 0.593 bits per heavy atom. The van der Waals surface area contributed by atoms with Gasteiger partial charge in [0.2, 0.25) is 0 Å². The van der Waals surface area contributed by atoms with Crippen molar-refractivity contribution < 1.29 is 42.9 Å². The monoisotopic (exact) mass is 1260 g/mol. The fourth-order valence-electron chi connectivity index (χ4n) is 9.24. The number of rotatable bonds is 64. The topological polar surface area (TPSA) is 111 Å². The van der Waals surface area contributed by atoms with Crippen molar-refractivity contribution in [3.05, 3.63) is 182 Å². The van der Waals surface area contributed by atoms with Gasteiger partial charge in [0.15, 0.2) is 12.4 Å². The molecule has 0 saturated carbocycles. The van der Waals surface area contributed by atoms with Crippen molar-refractivity contribution in [3.63, 3.8) is 0 Å². The number of hydrogen-bond acceptors (Lipinski definition) is 8. The van der Waals surface area contributed by atoms with Gasteiger partial charge in [0, 0.05) is 12.8 Å². The van der Waals surface area contributed by atoms with E-state index in [1.54, 1.807) is 0 Å². The Morgan fingerprint density at radius 1 is 0.330 bits per heavy atom. The number of carbonyl (C=O) groups is 3. The minimum Gasteiger partial charge on any atom is -0.545 e. The molecule has 0 aliphatic rings. The summed E-state index contributed by atoms with van der Waals surface area (Å²) < 4.78 is 22.8. The smallest absolute Gasteiger partial charge is 0.306 e. The van der Waals surface area contributed by atoms with Crippen LogP contribution in [-0.2, 0) is 33.3 Å². The van der Waals surface area contributed by atoms with Gasteiger partial charge in [-0.1, -0.05) is 292 Å². The first-order valence-corrected chi connectivity index (χ1v) is 35.9. The number of carboxylic acid groups (broad SMARTS) is 1. The SMILES string of the molecule is CC/C=C\C/C=C\C/C=C\C/C=C\C/C=C\C/C=C\C/C=C\C/C=C\CCCCCCCCCCC(=O)OC(COC(=O)CCCCCCCCCCCCC/C=C\C/C=C\C/C=C\C/C=C\C/C=C\C/C=C\C/C=C\CC)COC(OCC[N+](C)(C)C)C(=O)[O-]. The Balaban J connectivity index is 4.21. The van der Waals surface area contributed by atoms with Gasteiger partial charge >= 0.3 is 11.9 Å². The van der Waals surface area contributed by atoms with E-state index < -0.39 is 24.3 Å². The lowest BCUT2D eigenvalue weighted by Crippen LogP contribution is -2.44. The van der Waals surface area contributed by atoms with Crippen LogP contribution in [0.15, 0.2) is 182 Å². The van der Waals surface area contributed by atoms with E-state index >= 15 is 0 Å². The fourth-order valence-corrected chi connectivity index (χ4v) is 9.24. The van der Waals surface area contributed by atoms with E-state index in [-0.39, 0.29) is 38.6 Å². The summed E-state index contributed by atoms with van der Waals surface area (Å²) in [5.41, 5.74) is 0. The molecular formula is C82H131NO8. The molecule has 0 amide bonds. The van der Waals surface area contributed by atoms with Crippen molar-refractivity contribution >= 4 is 17.9 Å². The molecule has 91 heavy (non-hydrogen) atoms. The Bertz CT molecular complexity index is 2150. The highest BCUT2D eigenvalue weighted by Gasteiger charge is 2.22. The van der Waals surface area contributed by atoms with Crippen molar-refractivity contribution in [3.8, 4) is 0 Å². The maximum Gasteiger partial charge on any atom is 0.306 e. The zero-order chi connectivity index (χ0) is 66.1. The molecule has 0 aromatic rings. The van der Waals surface area contributed by atoms with E-state index in [0.717, 1.165) is 154 Å². The van der Waals surface area contributed by atoms with Gasteiger partial charge in [-0.05, 0) is 135 Å². The number of ether oxygens (including phenoxy) is 4. The van der Waals surface area contributed by atoms with Crippen LogP contribution in [0, 0.1) is 0 Å². The van der Waals surface area contributed by atoms with Crippen molar-refractivity contribution in [1.29, 1.82) is 0 Å². The van der Waals surface area contributed by atoms with Crippen LogP contribution in [0.3, 0.4) is 0 Å². The Labute approximate surface area is 558 Å². The molecule has 0 heterocycles. The molecule has 0 aliphatic heterocycles. The summed E-state index contributed by atoms with van der Waals surface area (Å²) in [6.45, 7) is 4.49. The normalized spacial score (nSPS) is 13.8. The second-order valence-corrected chi connectivity index (χ2v) is 24.4. The number of quaternary nitrogens is 1. The van der Waals surface area contributed by atoms with Crippen LogP contribution in [0.4, 0.5) is 0 Å². The van der Waals surface area contributed by atoms with Crippen molar-refractivity contribution in [2.45, 2.75) is 270 Å². The van der Waals surface area contributed by atoms with Crippen molar-refractivity contribution in [1.82, 2.24) is 0 Å². The Kier molecular flexibility index (Phi) is 65.9. The largest absolute Gasteiger partial charge is 0.545 e. The molecule has 512 valence electrons.